The molecule has 0 aliphatic carbocycles. The Morgan fingerprint density at radius 3 is 2.95 bits per heavy atom. The molecular formula is C12H14N4O3S. The lowest BCUT2D eigenvalue weighted by Crippen LogP contribution is -2.49. The molecule has 8 heteroatoms. The number of aryl methyl sites for hydroxylation is 1. The van der Waals surface area contributed by atoms with Crippen LogP contribution < -0.4 is 5.56 Å². The SMILES string of the molecule is CCc1nn2c(=O)cc(CN3CC(C(=O)O)C3)nc2s1. The highest BCUT2D eigenvalue weighted by Crippen LogP contribution is 2.18. The molecule has 3 rings (SSSR count). The van der Waals surface area contributed by atoms with Crippen molar-refractivity contribution in [1.29, 1.82) is 0 Å². The van der Waals surface area contributed by atoms with Gasteiger partial charge in [-0.3, -0.25) is 14.5 Å². The summed E-state index contributed by atoms with van der Waals surface area (Å²) in [5, 5.41) is 13.9. The highest BCUT2D eigenvalue weighted by molar-refractivity contribution is 7.16. The van der Waals surface area contributed by atoms with Gasteiger partial charge in [-0.2, -0.15) is 9.61 Å². The van der Waals surface area contributed by atoms with Gasteiger partial charge in [-0.15, -0.1) is 0 Å². The zero-order chi connectivity index (χ0) is 14.3. The molecule has 1 aliphatic heterocycles. The van der Waals surface area contributed by atoms with Crippen LogP contribution in [0.25, 0.3) is 4.96 Å². The van der Waals surface area contributed by atoms with E-state index in [-0.39, 0.29) is 11.5 Å². The third kappa shape index (κ3) is 2.32. The van der Waals surface area contributed by atoms with E-state index in [1.54, 1.807) is 0 Å². The summed E-state index contributed by atoms with van der Waals surface area (Å²) in [5.74, 6) is -1.06. The fraction of sp³-hybridized carbons (Fsp3) is 0.500. The van der Waals surface area contributed by atoms with Crippen molar-refractivity contribution in [2.24, 2.45) is 5.92 Å². The largest absolute Gasteiger partial charge is 0.481 e. The highest BCUT2D eigenvalue weighted by Gasteiger charge is 2.32. The van der Waals surface area contributed by atoms with Gasteiger partial charge < -0.3 is 5.11 Å². The molecule has 0 atom stereocenters. The second-order valence-electron chi connectivity index (χ2n) is 4.86. The van der Waals surface area contributed by atoms with Crippen LogP contribution in [0.1, 0.15) is 17.6 Å². The number of carbonyl (C=O) groups is 1. The first-order valence-electron chi connectivity index (χ1n) is 6.40. The lowest BCUT2D eigenvalue weighted by Gasteiger charge is -2.36. The third-order valence-electron chi connectivity index (χ3n) is 3.33. The Hall–Kier alpha value is -1.80. The van der Waals surface area contributed by atoms with Crippen molar-refractivity contribution in [3.63, 3.8) is 0 Å². The van der Waals surface area contributed by atoms with E-state index in [1.807, 2.05) is 11.8 Å². The number of carboxylic acid groups (broad SMARTS) is 1. The molecule has 106 valence electrons. The molecule has 7 nitrogen and oxygen atoms in total. The summed E-state index contributed by atoms with van der Waals surface area (Å²) >= 11 is 1.41. The van der Waals surface area contributed by atoms with Gasteiger partial charge in [-0.25, -0.2) is 4.98 Å². The van der Waals surface area contributed by atoms with Crippen molar-refractivity contribution in [3.8, 4) is 0 Å². The van der Waals surface area contributed by atoms with Crippen molar-refractivity contribution in [2.45, 2.75) is 19.9 Å². The standard InChI is InChI=1S/C12H14N4O3S/c1-2-9-14-16-10(17)3-8(13-12(16)20-9)6-15-4-7(5-15)11(18)19/h3,7H,2,4-6H2,1H3,(H,18,19). The predicted octanol–water partition coefficient (Wildman–Crippen LogP) is 0.230. The maximum absolute atomic E-state index is 11.9. The summed E-state index contributed by atoms with van der Waals surface area (Å²) < 4.78 is 1.32. The zero-order valence-electron chi connectivity index (χ0n) is 10.9. The van der Waals surface area contributed by atoms with Gasteiger partial charge in [0.25, 0.3) is 5.56 Å². The van der Waals surface area contributed by atoms with Crippen molar-refractivity contribution in [3.05, 3.63) is 27.1 Å². The van der Waals surface area contributed by atoms with E-state index in [0.29, 0.717) is 30.3 Å². The van der Waals surface area contributed by atoms with Gasteiger partial charge in [-0.05, 0) is 6.42 Å². The van der Waals surface area contributed by atoms with Gasteiger partial charge in [0.15, 0.2) is 0 Å². The van der Waals surface area contributed by atoms with Crippen molar-refractivity contribution >= 4 is 22.3 Å². The van der Waals surface area contributed by atoms with Gasteiger partial charge >= 0.3 is 5.97 Å². The lowest BCUT2D eigenvalue weighted by atomic mass is 10.0. The maximum atomic E-state index is 11.9. The normalized spacial score (nSPS) is 16.4. The molecule has 2 aromatic rings. The average molecular weight is 294 g/mol. The number of rotatable bonds is 4. The molecule has 20 heavy (non-hydrogen) atoms. The van der Waals surface area contributed by atoms with Gasteiger partial charge in [0, 0.05) is 25.7 Å². The number of likely N-dealkylation sites (tertiary alicyclic amines) is 1. The summed E-state index contributed by atoms with van der Waals surface area (Å²) in [6, 6.07) is 1.47. The van der Waals surface area contributed by atoms with Crippen LogP contribution in [-0.4, -0.2) is 43.7 Å². The quantitative estimate of drug-likeness (QED) is 0.868. The van der Waals surface area contributed by atoms with Gasteiger partial charge in [-0.1, -0.05) is 18.3 Å². The molecule has 1 saturated heterocycles. The zero-order valence-corrected chi connectivity index (χ0v) is 11.8. The minimum absolute atomic E-state index is 0.184. The number of nitrogens with zero attached hydrogens (tertiary/aromatic N) is 4. The molecule has 0 spiro atoms. The van der Waals surface area contributed by atoms with Crippen LogP contribution in [-0.2, 0) is 17.8 Å². The first-order valence-corrected chi connectivity index (χ1v) is 7.22. The summed E-state index contributed by atoms with van der Waals surface area (Å²) in [7, 11) is 0. The minimum Gasteiger partial charge on any atom is -0.481 e. The number of fused-ring (bicyclic) bond motifs is 1. The Morgan fingerprint density at radius 2 is 2.30 bits per heavy atom. The van der Waals surface area contributed by atoms with Crippen molar-refractivity contribution in [2.75, 3.05) is 13.1 Å². The molecule has 0 aromatic carbocycles. The van der Waals surface area contributed by atoms with E-state index in [1.165, 1.54) is 21.9 Å². The van der Waals surface area contributed by atoms with E-state index in [0.717, 1.165) is 11.4 Å². The van der Waals surface area contributed by atoms with Crippen LogP contribution >= 0.6 is 11.3 Å². The van der Waals surface area contributed by atoms with Gasteiger partial charge in [0.2, 0.25) is 4.96 Å². The van der Waals surface area contributed by atoms with E-state index in [9.17, 15) is 9.59 Å². The van der Waals surface area contributed by atoms with Crippen LogP contribution in [0.5, 0.6) is 0 Å². The van der Waals surface area contributed by atoms with Crippen LogP contribution in [0.15, 0.2) is 10.9 Å². The van der Waals surface area contributed by atoms with E-state index in [2.05, 4.69) is 10.1 Å². The van der Waals surface area contributed by atoms with Gasteiger partial charge in [0.1, 0.15) is 5.01 Å². The molecule has 0 saturated carbocycles. The smallest absolute Gasteiger partial charge is 0.309 e. The summed E-state index contributed by atoms with van der Waals surface area (Å²) in [6.07, 6.45) is 0.773. The molecule has 1 N–H and O–H groups in total. The fourth-order valence-electron chi connectivity index (χ4n) is 2.20. The molecule has 3 heterocycles. The Kier molecular flexibility index (Phi) is 3.27. The monoisotopic (exact) mass is 294 g/mol. The first kappa shape index (κ1) is 13.2. The molecule has 2 aromatic heterocycles. The molecule has 1 fully saturated rings. The Labute approximate surface area is 118 Å². The third-order valence-corrected chi connectivity index (χ3v) is 4.39. The van der Waals surface area contributed by atoms with Crippen LogP contribution in [0.2, 0.25) is 0 Å². The van der Waals surface area contributed by atoms with Crippen LogP contribution in [0, 0.1) is 5.92 Å². The maximum Gasteiger partial charge on any atom is 0.309 e. The Morgan fingerprint density at radius 1 is 1.55 bits per heavy atom. The number of hydrogen-bond donors (Lipinski definition) is 1. The fourth-order valence-corrected chi connectivity index (χ4v) is 3.06. The second kappa shape index (κ2) is 4.95. The molecule has 0 radical (unpaired) electrons. The average Bonchev–Trinajstić information content (AvgIpc) is 2.76. The molecular weight excluding hydrogens is 280 g/mol. The summed E-state index contributed by atoms with van der Waals surface area (Å²) in [6.45, 7) is 3.52. The number of hydrogen-bond acceptors (Lipinski definition) is 6. The van der Waals surface area contributed by atoms with E-state index >= 15 is 0 Å². The van der Waals surface area contributed by atoms with Crippen LogP contribution in [0.3, 0.4) is 0 Å². The molecule has 0 amide bonds. The summed E-state index contributed by atoms with van der Waals surface area (Å²) in [5.41, 5.74) is 0.487. The van der Waals surface area contributed by atoms with Crippen molar-refractivity contribution < 1.29 is 9.90 Å². The molecule has 0 unspecified atom stereocenters. The topological polar surface area (TPSA) is 87.8 Å². The van der Waals surface area contributed by atoms with Gasteiger partial charge in [0.05, 0.1) is 11.6 Å². The number of carboxylic acids is 1. The molecule has 1 aliphatic rings. The van der Waals surface area contributed by atoms with E-state index in [4.69, 9.17) is 5.11 Å². The van der Waals surface area contributed by atoms with E-state index < -0.39 is 5.97 Å². The lowest BCUT2D eigenvalue weighted by molar-refractivity contribution is -0.147. The minimum atomic E-state index is -0.764. The second-order valence-corrected chi connectivity index (χ2v) is 5.90. The molecule has 0 bridgehead atoms. The van der Waals surface area contributed by atoms with Crippen LogP contribution in [0.4, 0.5) is 0 Å². The first-order chi connectivity index (χ1) is 9.56. The Balaban J connectivity index is 1.79. The predicted molar refractivity (Wildman–Crippen MR) is 72.9 cm³/mol. The Bertz CT molecular complexity index is 717. The summed E-state index contributed by atoms with van der Waals surface area (Å²) in [4.78, 5) is 29.7. The number of aromatic nitrogens is 3. The van der Waals surface area contributed by atoms with Crippen molar-refractivity contribution in [1.82, 2.24) is 19.5 Å². The highest BCUT2D eigenvalue weighted by atomic mass is 32.1. The number of aliphatic carboxylic acids is 1.